The number of pyridine rings is 1. The van der Waals surface area contributed by atoms with Gasteiger partial charge in [0, 0.05) is 47.6 Å². The lowest BCUT2D eigenvalue weighted by molar-refractivity contribution is -0.145. The summed E-state index contributed by atoms with van der Waals surface area (Å²) in [5, 5.41) is 12.1. The highest BCUT2D eigenvalue weighted by molar-refractivity contribution is 14.1. The molecule has 1 saturated heterocycles. The molecule has 0 radical (unpaired) electrons. The number of piperazine rings is 1. The summed E-state index contributed by atoms with van der Waals surface area (Å²) in [6.45, 7) is 4.62. The molecule has 0 unspecified atom stereocenters. The Morgan fingerprint density at radius 1 is 1.00 bits per heavy atom. The number of carbonyl (C=O) groups is 3. The number of aromatic nitrogens is 1. The Morgan fingerprint density at radius 2 is 1.68 bits per heavy atom. The van der Waals surface area contributed by atoms with Gasteiger partial charge in [-0.25, -0.2) is 4.98 Å². The molecule has 0 bridgehead atoms. The summed E-state index contributed by atoms with van der Waals surface area (Å²) in [4.78, 5) is 45.1. The van der Waals surface area contributed by atoms with Gasteiger partial charge in [0.2, 0.25) is 5.91 Å². The van der Waals surface area contributed by atoms with Crippen LogP contribution in [0.25, 0.3) is 0 Å². The van der Waals surface area contributed by atoms with E-state index in [1.54, 1.807) is 12.3 Å². The number of aryl methyl sites for hydroxylation is 1. The van der Waals surface area contributed by atoms with Crippen LogP contribution in [0, 0.1) is 22.3 Å². The number of aliphatic carboxylic acids is 1. The quantitative estimate of drug-likeness (QED) is 0.526. The van der Waals surface area contributed by atoms with Crippen LogP contribution in [0.15, 0.2) is 36.5 Å². The number of benzene rings is 1. The van der Waals surface area contributed by atoms with Crippen LogP contribution in [0.4, 0.5) is 11.5 Å². The van der Waals surface area contributed by atoms with Gasteiger partial charge in [-0.15, -0.1) is 0 Å². The van der Waals surface area contributed by atoms with Gasteiger partial charge in [0.25, 0.3) is 5.91 Å². The summed E-state index contributed by atoms with van der Waals surface area (Å²) in [7, 11) is 0. The maximum Gasteiger partial charge on any atom is 0.306 e. The molecule has 2 amide bonds. The van der Waals surface area contributed by atoms with Gasteiger partial charge >= 0.3 is 5.97 Å². The van der Waals surface area contributed by atoms with Crippen molar-refractivity contribution in [1.29, 1.82) is 0 Å². The maximum atomic E-state index is 12.9. The van der Waals surface area contributed by atoms with E-state index in [0.717, 1.165) is 20.6 Å². The fraction of sp³-hybridized carbons (Fsp3) is 0.440. The molecule has 2 heterocycles. The molecule has 0 spiro atoms. The highest BCUT2D eigenvalue weighted by atomic mass is 127. The van der Waals surface area contributed by atoms with E-state index in [0.29, 0.717) is 57.4 Å². The molecular formula is C25H29IN4O4. The van der Waals surface area contributed by atoms with Crippen molar-refractivity contribution in [3.8, 4) is 0 Å². The summed E-state index contributed by atoms with van der Waals surface area (Å²) in [6, 6.07) is 9.42. The van der Waals surface area contributed by atoms with E-state index in [1.807, 2.05) is 36.1 Å². The van der Waals surface area contributed by atoms with Crippen LogP contribution in [0.2, 0.25) is 0 Å². The van der Waals surface area contributed by atoms with E-state index in [2.05, 4.69) is 37.8 Å². The Morgan fingerprint density at radius 3 is 2.26 bits per heavy atom. The molecule has 1 saturated carbocycles. The molecule has 2 aliphatic rings. The molecule has 1 aliphatic carbocycles. The van der Waals surface area contributed by atoms with E-state index in [1.165, 1.54) is 0 Å². The van der Waals surface area contributed by atoms with E-state index >= 15 is 0 Å². The number of carboxylic acids is 1. The number of carboxylic acid groups (broad SMARTS) is 1. The smallest absolute Gasteiger partial charge is 0.306 e. The molecule has 2 fully saturated rings. The molecule has 8 nitrogen and oxygen atoms in total. The molecule has 34 heavy (non-hydrogen) atoms. The van der Waals surface area contributed by atoms with Crippen LogP contribution < -0.4 is 10.2 Å². The number of hydrogen-bond donors (Lipinski definition) is 2. The van der Waals surface area contributed by atoms with Crippen molar-refractivity contribution in [2.24, 2.45) is 11.8 Å². The van der Waals surface area contributed by atoms with Gasteiger partial charge in [-0.3, -0.25) is 14.4 Å². The summed E-state index contributed by atoms with van der Waals surface area (Å²) < 4.78 is 1.09. The van der Waals surface area contributed by atoms with Gasteiger partial charge in [0.15, 0.2) is 0 Å². The second-order valence-corrected chi connectivity index (χ2v) is 10.2. The van der Waals surface area contributed by atoms with Crippen molar-refractivity contribution < 1.29 is 19.5 Å². The van der Waals surface area contributed by atoms with Crippen molar-refractivity contribution in [3.05, 3.63) is 51.2 Å². The standard InChI is InChI=1S/C25H29IN4O4/c1-16-2-8-20(14-21(16)26)28-23(31)19-7-9-22(27-15-19)29-10-12-30(13-11-29)24(32)17-3-5-18(6-4-17)25(33)34/h2,7-9,14-15,17-18H,3-6,10-13H2,1H3,(H,28,31)(H,33,34). The summed E-state index contributed by atoms with van der Waals surface area (Å²) in [5.41, 5.74) is 2.41. The maximum absolute atomic E-state index is 12.9. The zero-order valence-electron chi connectivity index (χ0n) is 19.2. The average Bonchev–Trinajstić information content (AvgIpc) is 2.86. The molecule has 2 aromatic rings. The molecule has 9 heteroatoms. The van der Waals surface area contributed by atoms with E-state index < -0.39 is 5.97 Å². The highest BCUT2D eigenvalue weighted by Gasteiger charge is 2.33. The number of nitrogens with one attached hydrogen (secondary N) is 1. The van der Waals surface area contributed by atoms with Gasteiger partial charge in [-0.05, 0) is 85.0 Å². The fourth-order valence-corrected chi connectivity index (χ4v) is 5.10. The zero-order chi connectivity index (χ0) is 24.2. The first-order chi connectivity index (χ1) is 16.3. The Bertz CT molecular complexity index is 1060. The van der Waals surface area contributed by atoms with E-state index in [9.17, 15) is 14.4 Å². The predicted molar refractivity (Wildman–Crippen MR) is 138 cm³/mol. The summed E-state index contributed by atoms with van der Waals surface area (Å²) >= 11 is 2.25. The lowest BCUT2D eigenvalue weighted by Crippen LogP contribution is -2.51. The monoisotopic (exact) mass is 576 g/mol. The van der Waals surface area contributed by atoms with Gasteiger partial charge in [0.1, 0.15) is 5.82 Å². The minimum atomic E-state index is -0.750. The first-order valence-corrected chi connectivity index (χ1v) is 12.7. The number of carbonyl (C=O) groups excluding carboxylic acids is 2. The van der Waals surface area contributed by atoms with Gasteiger partial charge in [0.05, 0.1) is 11.5 Å². The number of anilines is 2. The summed E-state index contributed by atoms with van der Waals surface area (Å²) in [5.74, 6) is -0.385. The van der Waals surface area contributed by atoms with Crippen LogP contribution in [-0.4, -0.2) is 59.0 Å². The second kappa shape index (κ2) is 10.7. The lowest BCUT2D eigenvalue weighted by atomic mass is 9.81. The van der Waals surface area contributed by atoms with E-state index in [-0.39, 0.29) is 23.7 Å². The van der Waals surface area contributed by atoms with Crippen molar-refractivity contribution in [3.63, 3.8) is 0 Å². The molecule has 1 aliphatic heterocycles. The molecular weight excluding hydrogens is 547 g/mol. The number of nitrogens with zero attached hydrogens (tertiary/aromatic N) is 3. The zero-order valence-corrected chi connectivity index (χ0v) is 21.3. The van der Waals surface area contributed by atoms with Crippen LogP contribution in [-0.2, 0) is 9.59 Å². The molecule has 0 atom stereocenters. The second-order valence-electron chi connectivity index (χ2n) is 9.02. The molecule has 180 valence electrons. The lowest BCUT2D eigenvalue weighted by Gasteiger charge is -2.38. The topological polar surface area (TPSA) is 103 Å². The van der Waals surface area contributed by atoms with Crippen molar-refractivity contribution in [1.82, 2.24) is 9.88 Å². The Hall–Kier alpha value is -2.69. The minimum Gasteiger partial charge on any atom is -0.481 e. The Kier molecular flexibility index (Phi) is 7.70. The molecule has 4 rings (SSSR count). The number of rotatable bonds is 5. The van der Waals surface area contributed by atoms with Gasteiger partial charge in [-0.2, -0.15) is 0 Å². The molecule has 1 aromatic heterocycles. The molecule has 2 N–H and O–H groups in total. The van der Waals surface area contributed by atoms with Crippen LogP contribution in [0.1, 0.15) is 41.6 Å². The van der Waals surface area contributed by atoms with Crippen LogP contribution >= 0.6 is 22.6 Å². The normalized spacial score (nSPS) is 20.6. The van der Waals surface area contributed by atoms with Crippen LogP contribution in [0.5, 0.6) is 0 Å². The largest absolute Gasteiger partial charge is 0.481 e. The van der Waals surface area contributed by atoms with Crippen molar-refractivity contribution in [2.45, 2.75) is 32.6 Å². The number of halogens is 1. The SMILES string of the molecule is Cc1ccc(NC(=O)c2ccc(N3CCN(C(=O)C4CCC(C(=O)O)CC4)CC3)nc2)cc1I. The van der Waals surface area contributed by atoms with E-state index in [4.69, 9.17) is 5.11 Å². The minimum absolute atomic E-state index is 0.0603. The first kappa shape index (κ1) is 24.4. The third-order valence-electron chi connectivity index (χ3n) is 6.78. The van der Waals surface area contributed by atoms with Crippen LogP contribution in [0.3, 0.4) is 0 Å². The predicted octanol–water partition coefficient (Wildman–Crippen LogP) is 3.79. The Balaban J connectivity index is 1.28. The fourth-order valence-electron chi connectivity index (χ4n) is 4.58. The van der Waals surface area contributed by atoms with Crippen molar-refractivity contribution in [2.75, 3.05) is 36.4 Å². The van der Waals surface area contributed by atoms with Gasteiger partial charge in [-0.1, -0.05) is 6.07 Å². The molecule has 1 aromatic carbocycles. The average molecular weight is 576 g/mol. The van der Waals surface area contributed by atoms with Crippen molar-refractivity contribution >= 4 is 51.9 Å². The highest BCUT2D eigenvalue weighted by Crippen LogP contribution is 2.30. The van der Waals surface area contributed by atoms with Gasteiger partial charge < -0.3 is 20.2 Å². The third kappa shape index (κ3) is 5.68. The first-order valence-electron chi connectivity index (χ1n) is 11.6. The summed E-state index contributed by atoms with van der Waals surface area (Å²) in [6.07, 6.45) is 4.06. The Labute approximate surface area is 212 Å². The number of amides is 2. The number of hydrogen-bond acceptors (Lipinski definition) is 5. The third-order valence-corrected chi connectivity index (χ3v) is 7.94.